The minimum absolute atomic E-state index is 0.0895. The van der Waals surface area contributed by atoms with E-state index in [0.717, 1.165) is 16.9 Å². The zero-order valence-electron chi connectivity index (χ0n) is 10.1. The number of hydrogen-bond acceptors (Lipinski definition) is 3. The number of aliphatic carboxylic acids is 1. The van der Waals surface area contributed by atoms with Crippen LogP contribution in [0.5, 0.6) is 5.75 Å². The SMILES string of the molecule is COc1ccc(C(O)CCCC(=O)O)cc1C. The third-order valence-electron chi connectivity index (χ3n) is 2.67. The fourth-order valence-corrected chi connectivity index (χ4v) is 1.72. The highest BCUT2D eigenvalue weighted by atomic mass is 16.5. The van der Waals surface area contributed by atoms with Gasteiger partial charge in [0.15, 0.2) is 0 Å². The normalized spacial score (nSPS) is 12.2. The molecule has 0 saturated carbocycles. The summed E-state index contributed by atoms with van der Waals surface area (Å²) in [6.45, 7) is 1.91. The molecule has 4 heteroatoms. The van der Waals surface area contributed by atoms with Gasteiger partial charge in [-0.1, -0.05) is 6.07 Å². The third kappa shape index (κ3) is 4.07. The Labute approximate surface area is 101 Å². The number of aliphatic hydroxyl groups excluding tert-OH is 1. The van der Waals surface area contributed by atoms with Gasteiger partial charge in [0.2, 0.25) is 0 Å². The van der Waals surface area contributed by atoms with E-state index in [1.165, 1.54) is 0 Å². The molecule has 0 radical (unpaired) electrons. The van der Waals surface area contributed by atoms with Crippen LogP contribution in [0, 0.1) is 6.92 Å². The summed E-state index contributed by atoms with van der Waals surface area (Å²) in [5.74, 6) is -0.0467. The van der Waals surface area contributed by atoms with Gasteiger partial charge in [-0.3, -0.25) is 4.79 Å². The number of benzene rings is 1. The molecular formula is C13H18O4. The standard InChI is InChI=1S/C13H18O4/c1-9-8-10(6-7-12(9)17-2)11(14)4-3-5-13(15)16/h6-8,11,14H,3-5H2,1-2H3,(H,15,16). The highest BCUT2D eigenvalue weighted by molar-refractivity contribution is 5.66. The fraction of sp³-hybridized carbons (Fsp3) is 0.462. The van der Waals surface area contributed by atoms with Crippen LogP contribution in [0.15, 0.2) is 18.2 Å². The van der Waals surface area contributed by atoms with Gasteiger partial charge in [0.25, 0.3) is 0 Å². The van der Waals surface area contributed by atoms with Crippen LogP contribution in [0.1, 0.15) is 36.5 Å². The molecule has 0 heterocycles. The molecule has 1 aromatic carbocycles. The first-order valence-corrected chi connectivity index (χ1v) is 5.59. The molecule has 0 fully saturated rings. The largest absolute Gasteiger partial charge is 0.496 e. The number of carboxylic acids is 1. The van der Waals surface area contributed by atoms with Crippen LogP contribution in [0.25, 0.3) is 0 Å². The molecule has 1 rings (SSSR count). The van der Waals surface area contributed by atoms with E-state index in [0.29, 0.717) is 12.8 Å². The maximum Gasteiger partial charge on any atom is 0.303 e. The molecule has 0 aliphatic carbocycles. The zero-order valence-corrected chi connectivity index (χ0v) is 10.1. The summed E-state index contributed by atoms with van der Waals surface area (Å²) in [7, 11) is 1.60. The number of aryl methyl sites for hydroxylation is 1. The van der Waals surface area contributed by atoms with E-state index < -0.39 is 12.1 Å². The van der Waals surface area contributed by atoms with E-state index in [2.05, 4.69) is 0 Å². The summed E-state index contributed by atoms with van der Waals surface area (Å²) in [5.41, 5.74) is 1.76. The highest BCUT2D eigenvalue weighted by Crippen LogP contribution is 2.25. The first kappa shape index (κ1) is 13.5. The van der Waals surface area contributed by atoms with Crippen LogP contribution in [0.4, 0.5) is 0 Å². The fourth-order valence-electron chi connectivity index (χ4n) is 1.72. The highest BCUT2D eigenvalue weighted by Gasteiger charge is 2.10. The number of hydrogen-bond donors (Lipinski definition) is 2. The monoisotopic (exact) mass is 238 g/mol. The van der Waals surface area contributed by atoms with Crippen molar-refractivity contribution in [2.45, 2.75) is 32.3 Å². The molecule has 0 aliphatic rings. The first-order valence-electron chi connectivity index (χ1n) is 5.59. The molecule has 1 aromatic rings. The second-order valence-corrected chi connectivity index (χ2v) is 4.03. The predicted octanol–water partition coefficient (Wildman–Crippen LogP) is 2.29. The average Bonchev–Trinajstić information content (AvgIpc) is 2.28. The predicted molar refractivity (Wildman–Crippen MR) is 64.2 cm³/mol. The molecule has 0 aromatic heterocycles. The number of ether oxygens (including phenoxy) is 1. The molecule has 0 spiro atoms. The van der Waals surface area contributed by atoms with Gasteiger partial charge in [-0.15, -0.1) is 0 Å². The Morgan fingerprint density at radius 1 is 1.47 bits per heavy atom. The number of carbonyl (C=O) groups is 1. The van der Waals surface area contributed by atoms with Crippen molar-refractivity contribution < 1.29 is 19.7 Å². The molecule has 0 bridgehead atoms. The molecule has 94 valence electrons. The van der Waals surface area contributed by atoms with Crippen molar-refractivity contribution in [1.82, 2.24) is 0 Å². The molecule has 0 saturated heterocycles. The van der Waals surface area contributed by atoms with Crippen molar-refractivity contribution >= 4 is 5.97 Å². The van der Waals surface area contributed by atoms with Crippen LogP contribution < -0.4 is 4.74 Å². The minimum Gasteiger partial charge on any atom is -0.496 e. The van der Waals surface area contributed by atoms with Crippen molar-refractivity contribution in [2.75, 3.05) is 7.11 Å². The van der Waals surface area contributed by atoms with Crippen LogP contribution in [0.2, 0.25) is 0 Å². The zero-order chi connectivity index (χ0) is 12.8. The van der Waals surface area contributed by atoms with E-state index in [4.69, 9.17) is 9.84 Å². The third-order valence-corrected chi connectivity index (χ3v) is 2.67. The van der Waals surface area contributed by atoms with Gasteiger partial charge >= 0.3 is 5.97 Å². The van der Waals surface area contributed by atoms with Gasteiger partial charge < -0.3 is 14.9 Å². The van der Waals surface area contributed by atoms with Crippen LogP contribution in [0.3, 0.4) is 0 Å². The van der Waals surface area contributed by atoms with Crippen molar-refractivity contribution in [3.05, 3.63) is 29.3 Å². The Hall–Kier alpha value is -1.55. The molecular weight excluding hydrogens is 220 g/mol. The van der Waals surface area contributed by atoms with Crippen molar-refractivity contribution in [2.24, 2.45) is 0 Å². The molecule has 0 aliphatic heterocycles. The Balaban J connectivity index is 2.59. The minimum atomic E-state index is -0.830. The Bertz CT molecular complexity index is 387. The van der Waals surface area contributed by atoms with E-state index in [1.54, 1.807) is 13.2 Å². The second-order valence-electron chi connectivity index (χ2n) is 4.03. The van der Waals surface area contributed by atoms with Crippen molar-refractivity contribution in [3.8, 4) is 5.75 Å². The number of aliphatic hydroxyl groups is 1. The van der Waals surface area contributed by atoms with Crippen LogP contribution in [-0.2, 0) is 4.79 Å². The Morgan fingerprint density at radius 2 is 2.18 bits per heavy atom. The summed E-state index contributed by atoms with van der Waals surface area (Å²) in [6.07, 6.45) is 0.408. The van der Waals surface area contributed by atoms with E-state index in [-0.39, 0.29) is 6.42 Å². The molecule has 17 heavy (non-hydrogen) atoms. The summed E-state index contributed by atoms with van der Waals surface area (Å²) >= 11 is 0. The summed E-state index contributed by atoms with van der Waals surface area (Å²) in [4.78, 5) is 10.4. The number of carboxylic acid groups (broad SMARTS) is 1. The van der Waals surface area contributed by atoms with Gasteiger partial charge in [-0.25, -0.2) is 0 Å². The summed E-state index contributed by atoms with van der Waals surface area (Å²) in [5, 5.41) is 18.4. The van der Waals surface area contributed by atoms with Gasteiger partial charge in [0, 0.05) is 6.42 Å². The lowest BCUT2D eigenvalue weighted by Crippen LogP contribution is -2.01. The summed E-state index contributed by atoms with van der Waals surface area (Å²) < 4.78 is 5.13. The van der Waals surface area contributed by atoms with Gasteiger partial charge in [0.05, 0.1) is 13.2 Å². The van der Waals surface area contributed by atoms with Crippen LogP contribution in [-0.4, -0.2) is 23.3 Å². The Kier molecular flexibility index (Phi) is 4.97. The van der Waals surface area contributed by atoms with Gasteiger partial charge in [0.1, 0.15) is 5.75 Å². The van der Waals surface area contributed by atoms with E-state index in [9.17, 15) is 9.90 Å². The van der Waals surface area contributed by atoms with Gasteiger partial charge in [-0.05, 0) is 43.0 Å². The van der Waals surface area contributed by atoms with Gasteiger partial charge in [-0.2, -0.15) is 0 Å². The number of rotatable bonds is 6. The molecule has 2 N–H and O–H groups in total. The second kappa shape index (κ2) is 6.25. The molecule has 4 nitrogen and oxygen atoms in total. The lowest BCUT2D eigenvalue weighted by atomic mass is 10.0. The maximum absolute atomic E-state index is 10.4. The summed E-state index contributed by atoms with van der Waals surface area (Å²) in [6, 6.07) is 5.48. The van der Waals surface area contributed by atoms with Crippen molar-refractivity contribution in [1.29, 1.82) is 0 Å². The first-order chi connectivity index (χ1) is 8.04. The quantitative estimate of drug-likeness (QED) is 0.798. The lowest BCUT2D eigenvalue weighted by Gasteiger charge is -2.12. The lowest BCUT2D eigenvalue weighted by molar-refractivity contribution is -0.137. The van der Waals surface area contributed by atoms with Crippen LogP contribution >= 0.6 is 0 Å². The topological polar surface area (TPSA) is 66.8 Å². The van der Waals surface area contributed by atoms with E-state index in [1.807, 2.05) is 19.1 Å². The molecule has 0 amide bonds. The average molecular weight is 238 g/mol. The maximum atomic E-state index is 10.4. The van der Waals surface area contributed by atoms with Crippen molar-refractivity contribution in [3.63, 3.8) is 0 Å². The molecule has 1 unspecified atom stereocenters. The van der Waals surface area contributed by atoms with E-state index >= 15 is 0 Å². The molecule has 1 atom stereocenters. The Morgan fingerprint density at radius 3 is 2.71 bits per heavy atom. The number of methoxy groups -OCH3 is 1. The smallest absolute Gasteiger partial charge is 0.303 e.